The van der Waals surface area contributed by atoms with Gasteiger partial charge in [-0.05, 0) is 24.3 Å². The van der Waals surface area contributed by atoms with Crippen molar-refractivity contribution in [3.05, 3.63) is 40.9 Å². The number of halogens is 2. The van der Waals surface area contributed by atoms with E-state index in [9.17, 15) is 4.79 Å². The van der Waals surface area contributed by atoms with Crippen molar-refractivity contribution < 1.29 is 9.28 Å². The lowest BCUT2D eigenvalue weighted by Crippen LogP contribution is -2.58. The third-order valence-electron chi connectivity index (χ3n) is 3.79. The second-order valence-corrected chi connectivity index (χ2v) is 6.49. The molecule has 1 saturated heterocycles. The van der Waals surface area contributed by atoms with Gasteiger partial charge in [-0.1, -0.05) is 29.8 Å². The first-order valence-electron chi connectivity index (χ1n) is 6.88. The number of carbonyl (C=O) groups is 1. The number of carbonyl (C=O) groups excluding carboxylic acids is 1. The molecule has 1 aliphatic heterocycles. The number of rotatable bonds is 3. The standard InChI is InChI=1S/C15H19Cl2N3O/c1-3-6-20(2)7-4-19(5-8-20)15(21)18-14-10-12(16)9-13(17)11-14/h3,9-11H,1,4-8H2,2H3/p+1. The largest absolute Gasteiger partial charge is 0.322 e. The number of urea groups is 1. The lowest BCUT2D eigenvalue weighted by atomic mass is 10.2. The van der Waals surface area contributed by atoms with E-state index in [-0.39, 0.29) is 6.03 Å². The molecule has 21 heavy (non-hydrogen) atoms. The zero-order valence-corrected chi connectivity index (χ0v) is 13.6. The van der Waals surface area contributed by atoms with Crippen LogP contribution < -0.4 is 5.32 Å². The highest BCUT2D eigenvalue weighted by Crippen LogP contribution is 2.23. The third kappa shape index (κ3) is 4.37. The Labute approximate surface area is 135 Å². The van der Waals surface area contributed by atoms with E-state index in [1.807, 2.05) is 11.0 Å². The van der Waals surface area contributed by atoms with Gasteiger partial charge in [-0.25, -0.2) is 4.79 Å². The van der Waals surface area contributed by atoms with Crippen LogP contribution in [0.3, 0.4) is 0 Å². The average molecular weight is 329 g/mol. The summed E-state index contributed by atoms with van der Waals surface area (Å²) >= 11 is 11.9. The van der Waals surface area contributed by atoms with Crippen molar-refractivity contribution in [1.82, 2.24) is 4.90 Å². The van der Waals surface area contributed by atoms with Crippen LogP contribution in [0.25, 0.3) is 0 Å². The molecule has 0 aliphatic carbocycles. The van der Waals surface area contributed by atoms with Gasteiger partial charge in [0.2, 0.25) is 0 Å². The van der Waals surface area contributed by atoms with E-state index < -0.39 is 0 Å². The Morgan fingerprint density at radius 1 is 1.33 bits per heavy atom. The summed E-state index contributed by atoms with van der Waals surface area (Å²) in [5.41, 5.74) is 0.617. The molecular weight excluding hydrogens is 309 g/mol. The Morgan fingerprint density at radius 3 is 2.43 bits per heavy atom. The molecule has 6 heteroatoms. The minimum Gasteiger partial charge on any atom is -0.320 e. The van der Waals surface area contributed by atoms with Crippen LogP contribution in [0.15, 0.2) is 30.9 Å². The van der Waals surface area contributed by atoms with Gasteiger partial charge in [0.15, 0.2) is 0 Å². The Balaban J connectivity index is 1.94. The average Bonchev–Trinajstić information content (AvgIpc) is 2.38. The van der Waals surface area contributed by atoms with E-state index in [2.05, 4.69) is 18.9 Å². The van der Waals surface area contributed by atoms with Crippen LogP contribution in [0.5, 0.6) is 0 Å². The second kappa shape index (κ2) is 6.69. The van der Waals surface area contributed by atoms with Crippen molar-refractivity contribution >= 4 is 34.9 Å². The van der Waals surface area contributed by atoms with Gasteiger partial charge >= 0.3 is 6.03 Å². The number of likely N-dealkylation sites (N-methyl/N-ethyl adjacent to an activating group) is 1. The molecule has 114 valence electrons. The van der Waals surface area contributed by atoms with Crippen LogP contribution >= 0.6 is 23.2 Å². The molecule has 0 radical (unpaired) electrons. The predicted octanol–water partition coefficient (Wildman–Crippen LogP) is 3.47. The summed E-state index contributed by atoms with van der Waals surface area (Å²) in [7, 11) is 2.19. The number of amides is 2. The van der Waals surface area contributed by atoms with E-state index in [0.29, 0.717) is 15.7 Å². The van der Waals surface area contributed by atoms with E-state index in [1.165, 1.54) is 0 Å². The fourth-order valence-electron chi connectivity index (χ4n) is 2.47. The highest BCUT2D eigenvalue weighted by molar-refractivity contribution is 6.35. The number of quaternary nitrogens is 1. The van der Waals surface area contributed by atoms with Gasteiger partial charge in [-0.15, -0.1) is 0 Å². The summed E-state index contributed by atoms with van der Waals surface area (Å²) in [5.74, 6) is 0. The number of hydrogen-bond acceptors (Lipinski definition) is 1. The minimum atomic E-state index is -0.113. The molecule has 0 unspecified atom stereocenters. The lowest BCUT2D eigenvalue weighted by molar-refractivity contribution is -0.907. The second-order valence-electron chi connectivity index (χ2n) is 5.61. The maximum Gasteiger partial charge on any atom is 0.322 e. The Morgan fingerprint density at radius 2 is 1.90 bits per heavy atom. The number of piperazine rings is 1. The number of nitrogens with zero attached hydrogens (tertiary/aromatic N) is 2. The molecule has 0 atom stereocenters. The summed E-state index contributed by atoms with van der Waals surface area (Å²) in [4.78, 5) is 14.1. The molecule has 2 rings (SSSR count). The molecule has 1 heterocycles. The number of hydrogen-bond donors (Lipinski definition) is 1. The Hall–Kier alpha value is -1.23. The molecular formula is C15H20Cl2N3O+. The quantitative estimate of drug-likeness (QED) is 0.668. The molecule has 0 bridgehead atoms. The molecule has 1 N–H and O–H groups in total. The SMILES string of the molecule is C=CC[N+]1(C)CCN(C(=O)Nc2cc(Cl)cc(Cl)c2)CC1. The summed E-state index contributed by atoms with van der Waals surface area (Å²) in [6.45, 7) is 8.03. The highest BCUT2D eigenvalue weighted by Gasteiger charge is 2.29. The van der Waals surface area contributed by atoms with Gasteiger partial charge < -0.3 is 14.7 Å². The van der Waals surface area contributed by atoms with Crippen molar-refractivity contribution in [1.29, 1.82) is 0 Å². The van der Waals surface area contributed by atoms with Crippen LogP contribution in [0, 0.1) is 0 Å². The minimum absolute atomic E-state index is 0.113. The molecule has 1 aliphatic rings. The number of benzene rings is 1. The smallest absolute Gasteiger partial charge is 0.320 e. The van der Waals surface area contributed by atoms with Crippen LogP contribution in [-0.4, -0.2) is 55.2 Å². The molecule has 0 aromatic heterocycles. The fourth-order valence-corrected chi connectivity index (χ4v) is 3.00. The monoisotopic (exact) mass is 328 g/mol. The summed E-state index contributed by atoms with van der Waals surface area (Å²) < 4.78 is 0.927. The maximum atomic E-state index is 12.3. The molecule has 1 aromatic carbocycles. The van der Waals surface area contributed by atoms with Crippen molar-refractivity contribution in [3.63, 3.8) is 0 Å². The van der Waals surface area contributed by atoms with E-state index in [1.54, 1.807) is 18.2 Å². The van der Waals surface area contributed by atoms with Crippen LogP contribution in [-0.2, 0) is 0 Å². The fraction of sp³-hybridized carbons (Fsp3) is 0.400. The molecule has 0 saturated carbocycles. The van der Waals surface area contributed by atoms with Gasteiger partial charge in [0, 0.05) is 15.7 Å². The Bertz CT molecular complexity index is 519. The first-order chi connectivity index (χ1) is 9.92. The molecule has 1 fully saturated rings. The van der Waals surface area contributed by atoms with E-state index >= 15 is 0 Å². The van der Waals surface area contributed by atoms with E-state index in [4.69, 9.17) is 23.2 Å². The van der Waals surface area contributed by atoms with Crippen LogP contribution in [0.1, 0.15) is 0 Å². The first kappa shape index (κ1) is 16.1. The van der Waals surface area contributed by atoms with Crippen molar-refractivity contribution in [2.75, 3.05) is 45.1 Å². The number of anilines is 1. The highest BCUT2D eigenvalue weighted by atomic mass is 35.5. The van der Waals surface area contributed by atoms with Gasteiger partial charge in [0.1, 0.15) is 0 Å². The van der Waals surface area contributed by atoms with Crippen molar-refractivity contribution in [2.24, 2.45) is 0 Å². The molecule has 1 aromatic rings. The van der Waals surface area contributed by atoms with Crippen molar-refractivity contribution in [2.45, 2.75) is 0 Å². The first-order valence-corrected chi connectivity index (χ1v) is 7.64. The third-order valence-corrected chi connectivity index (χ3v) is 4.23. The zero-order valence-electron chi connectivity index (χ0n) is 12.1. The summed E-state index contributed by atoms with van der Waals surface area (Å²) in [6, 6.07) is 4.90. The normalized spacial score (nSPS) is 17.4. The molecule has 4 nitrogen and oxygen atoms in total. The van der Waals surface area contributed by atoms with Crippen LogP contribution in [0.4, 0.5) is 10.5 Å². The van der Waals surface area contributed by atoms with Gasteiger partial charge in [0.05, 0.1) is 39.8 Å². The summed E-state index contributed by atoms with van der Waals surface area (Å²) in [6.07, 6.45) is 1.93. The topological polar surface area (TPSA) is 32.3 Å². The van der Waals surface area contributed by atoms with Crippen LogP contribution in [0.2, 0.25) is 10.0 Å². The van der Waals surface area contributed by atoms with Gasteiger partial charge in [-0.2, -0.15) is 0 Å². The summed E-state index contributed by atoms with van der Waals surface area (Å²) in [5, 5.41) is 3.86. The maximum absolute atomic E-state index is 12.3. The van der Waals surface area contributed by atoms with Gasteiger partial charge in [-0.3, -0.25) is 0 Å². The van der Waals surface area contributed by atoms with Crippen molar-refractivity contribution in [3.8, 4) is 0 Å². The predicted molar refractivity (Wildman–Crippen MR) is 88.0 cm³/mol. The van der Waals surface area contributed by atoms with E-state index in [0.717, 1.165) is 37.2 Å². The Kier molecular flexibility index (Phi) is 5.14. The zero-order chi connectivity index (χ0) is 15.5. The number of nitrogens with one attached hydrogen (secondary N) is 1. The molecule has 0 spiro atoms. The molecule has 2 amide bonds. The van der Waals surface area contributed by atoms with Gasteiger partial charge in [0.25, 0.3) is 0 Å². The lowest BCUT2D eigenvalue weighted by Gasteiger charge is -2.41.